The Kier molecular flexibility index (Phi) is 6.99. The van der Waals surface area contributed by atoms with Gasteiger partial charge in [-0.3, -0.25) is 9.47 Å². The number of nitrogens with one attached hydrogen (secondary N) is 1. The van der Waals surface area contributed by atoms with E-state index in [4.69, 9.17) is 11.6 Å². The van der Waals surface area contributed by atoms with Crippen LogP contribution in [0.25, 0.3) is 17.0 Å². The smallest absolute Gasteiger partial charge is 0.326 e. The lowest BCUT2D eigenvalue weighted by Gasteiger charge is -2.27. The molecule has 0 fully saturated rings. The zero-order valence-corrected chi connectivity index (χ0v) is 20.5. The quantitative estimate of drug-likeness (QED) is 0.346. The van der Waals surface area contributed by atoms with E-state index in [1.807, 2.05) is 18.2 Å². The fourth-order valence-corrected chi connectivity index (χ4v) is 4.88. The second-order valence-corrected chi connectivity index (χ2v) is 9.21. The number of hydrogen-bond acceptors (Lipinski definition) is 4. The van der Waals surface area contributed by atoms with Gasteiger partial charge in [-0.05, 0) is 59.2 Å². The summed E-state index contributed by atoms with van der Waals surface area (Å²) in [6, 6.07) is 14.4. The van der Waals surface area contributed by atoms with Gasteiger partial charge in [0.25, 0.3) is 0 Å². The molecule has 4 aromatic rings. The first-order valence-electron chi connectivity index (χ1n) is 11.7. The Morgan fingerprint density at radius 2 is 2.05 bits per heavy atom. The topological polar surface area (TPSA) is 74.0 Å². The van der Waals surface area contributed by atoms with Gasteiger partial charge in [0.2, 0.25) is 5.95 Å². The van der Waals surface area contributed by atoms with Gasteiger partial charge in [0, 0.05) is 49.9 Å². The van der Waals surface area contributed by atoms with E-state index in [0.717, 1.165) is 34.3 Å². The van der Waals surface area contributed by atoms with Crippen molar-refractivity contribution in [2.45, 2.75) is 19.5 Å². The van der Waals surface area contributed by atoms with E-state index in [-0.39, 0.29) is 18.4 Å². The molecule has 3 heterocycles. The Labute approximate surface area is 217 Å². The number of hydrogen-bond donors (Lipinski definition) is 1. The van der Waals surface area contributed by atoms with Crippen LogP contribution in [0, 0.1) is 23.1 Å². The fourth-order valence-electron chi connectivity index (χ4n) is 4.65. The van der Waals surface area contributed by atoms with Crippen LogP contribution in [0.5, 0.6) is 0 Å². The molecular weight excluding hydrogens is 496 g/mol. The molecule has 6 nitrogen and oxygen atoms in total. The Morgan fingerprint density at radius 3 is 2.84 bits per heavy atom. The number of fused-ring (bicyclic) bond motifs is 3. The van der Waals surface area contributed by atoms with E-state index in [9.17, 15) is 18.8 Å². The van der Waals surface area contributed by atoms with Gasteiger partial charge in [0.1, 0.15) is 5.82 Å². The lowest BCUT2D eigenvalue weighted by atomic mass is 10.0. The minimum Gasteiger partial charge on any atom is -0.333 e. The number of carbonyl (C=O) groups is 1. The molecule has 1 N–H and O–H groups in total. The van der Waals surface area contributed by atoms with Crippen molar-refractivity contribution in [3.63, 3.8) is 0 Å². The summed E-state index contributed by atoms with van der Waals surface area (Å²) < 4.78 is 28.4. The van der Waals surface area contributed by atoms with Crippen LogP contribution in [0.15, 0.2) is 60.8 Å². The molecule has 1 amide bonds. The average Bonchev–Trinajstić information content (AvgIpc) is 3.21. The number of pyridine rings is 1. The number of rotatable bonds is 5. The molecule has 2 aromatic carbocycles. The van der Waals surface area contributed by atoms with Crippen LogP contribution in [-0.4, -0.2) is 33.6 Å². The maximum atomic E-state index is 13.4. The number of benzene rings is 2. The van der Waals surface area contributed by atoms with Crippen LogP contribution in [0.2, 0.25) is 5.02 Å². The fraction of sp³-hybridized carbons (Fsp3) is 0.179. The zero-order chi connectivity index (χ0) is 25.9. The van der Waals surface area contributed by atoms with Crippen LogP contribution in [0.1, 0.15) is 27.9 Å². The van der Waals surface area contributed by atoms with E-state index < -0.39 is 5.95 Å². The predicted octanol–water partition coefficient (Wildman–Crippen LogP) is 5.67. The van der Waals surface area contributed by atoms with Gasteiger partial charge >= 0.3 is 6.03 Å². The lowest BCUT2D eigenvalue weighted by Crippen LogP contribution is -2.34. The first-order chi connectivity index (χ1) is 17.9. The Hall–Kier alpha value is -4.06. The zero-order valence-electron chi connectivity index (χ0n) is 19.7. The summed E-state index contributed by atoms with van der Waals surface area (Å²) in [7, 11) is 0. The molecule has 0 saturated carbocycles. The molecule has 0 saturated heterocycles. The summed E-state index contributed by atoms with van der Waals surface area (Å²) in [6.45, 7) is 2.11. The number of halogens is 3. The molecule has 37 heavy (non-hydrogen) atoms. The highest BCUT2D eigenvalue weighted by Gasteiger charge is 2.26. The highest BCUT2D eigenvalue weighted by atomic mass is 35.5. The molecule has 0 spiro atoms. The summed E-state index contributed by atoms with van der Waals surface area (Å²) in [5.41, 5.74) is 4.47. The van der Waals surface area contributed by atoms with E-state index >= 15 is 0 Å². The Bertz CT molecular complexity index is 1570. The molecule has 9 heteroatoms. The summed E-state index contributed by atoms with van der Waals surface area (Å²) in [5.74, 6) is -0.980. The van der Waals surface area contributed by atoms with Crippen molar-refractivity contribution in [1.29, 1.82) is 5.26 Å². The first-order valence-corrected chi connectivity index (χ1v) is 12.1. The minimum atomic E-state index is -0.601. The third-order valence-electron chi connectivity index (χ3n) is 6.42. The lowest BCUT2D eigenvalue weighted by molar-refractivity contribution is 0.240. The van der Waals surface area contributed by atoms with Gasteiger partial charge in [-0.15, -0.1) is 0 Å². The van der Waals surface area contributed by atoms with Crippen molar-refractivity contribution < 1.29 is 13.6 Å². The summed E-state index contributed by atoms with van der Waals surface area (Å²) in [4.78, 5) is 19.1. The molecule has 1 aliphatic heterocycles. The van der Waals surface area contributed by atoms with E-state index in [1.165, 1.54) is 24.4 Å². The highest BCUT2D eigenvalue weighted by molar-refractivity contribution is 6.32. The maximum Gasteiger partial charge on any atom is 0.326 e. The second-order valence-electron chi connectivity index (χ2n) is 8.80. The molecular formula is C28H22ClF2N5O. The van der Waals surface area contributed by atoms with Crippen LogP contribution in [0.4, 0.5) is 13.6 Å². The van der Waals surface area contributed by atoms with Crippen LogP contribution in [-0.2, 0) is 19.5 Å². The minimum absolute atomic E-state index is 0.159. The molecule has 0 atom stereocenters. The van der Waals surface area contributed by atoms with Gasteiger partial charge in [0.15, 0.2) is 0 Å². The van der Waals surface area contributed by atoms with Crippen molar-refractivity contribution in [3.8, 4) is 6.07 Å². The number of nitriles is 1. The SMILES string of the molecule is N#Cc1ccc2c(c1)c1c(n2C(=O)NCc2ccnc(F)c2)CCN(C/C=C/c2ccc(F)cc2Cl)C1. The number of amides is 1. The van der Waals surface area contributed by atoms with E-state index in [2.05, 4.69) is 21.3 Å². The monoisotopic (exact) mass is 517 g/mol. The van der Waals surface area contributed by atoms with Gasteiger partial charge in [-0.25, -0.2) is 14.2 Å². The van der Waals surface area contributed by atoms with E-state index in [1.54, 1.807) is 28.8 Å². The first kappa shape index (κ1) is 24.6. The molecule has 0 aliphatic carbocycles. The highest BCUT2D eigenvalue weighted by Crippen LogP contribution is 2.32. The second kappa shape index (κ2) is 10.5. The molecule has 2 aromatic heterocycles. The molecule has 1 aliphatic rings. The average molecular weight is 518 g/mol. The Balaban J connectivity index is 1.39. The number of aromatic nitrogens is 2. The van der Waals surface area contributed by atoms with Crippen molar-refractivity contribution in [1.82, 2.24) is 19.8 Å². The van der Waals surface area contributed by atoms with Crippen molar-refractivity contribution >= 4 is 34.6 Å². The number of carbonyl (C=O) groups excluding carboxylic acids is 1. The standard InChI is InChI=1S/C28H22ClF2N5O/c29-24-14-21(30)5-4-20(24)2-1-10-35-11-8-26-23(17-35)22-12-18(15-32)3-6-25(22)36(26)28(37)34-16-19-7-9-33-27(31)13-19/h1-7,9,12-14H,8,10-11,16-17H2,(H,34,37)/b2-1+. The van der Waals surface area contributed by atoms with Crippen LogP contribution < -0.4 is 5.32 Å². The molecule has 186 valence electrons. The van der Waals surface area contributed by atoms with Gasteiger partial charge in [-0.1, -0.05) is 29.8 Å². The molecule has 0 unspecified atom stereocenters. The summed E-state index contributed by atoms with van der Waals surface area (Å²) in [6.07, 6.45) is 5.84. The van der Waals surface area contributed by atoms with Gasteiger partial charge in [0.05, 0.1) is 22.2 Å². The van der Waals surface area contributed by atoms with Crippen LogP contribution in [0.3, 0.4) is 0 Å². The normalized spacial score (nSPS) is 13.6. The summed E-state index contributed by atoms with van der Waals surface area (Å²) in [5, 5.41) is 13.5. The van der Waals surface area contributed by atoms with Gasteiger partial charge < -0.3 is 5.32 Å². The van der Waals surface area contributed by atoms with Crippen molar-refractivity contribution in [3.05, 3.63) is 106 Å². The van der Waals surface area contributed by atoms with Gasteiger partial charge in [-0.2, -0.15) is 9.65 Å². The third-order valence-corrected chi connectivity index (χ3v) is 6.75. The Morgan fingerprint density at radius 1 is 1.19 bits per heavy atom. The molecule has 0 bridgehead atoms. The predicted molar refractivity (Wildman–Crippen MR) is 138 cm³/mol. The van der Waals surface area contributed by atoms with Crippen LogP contribution >= 0.6 is 11.6 Å². The number of nitrogens with zero attached hydrogens (tertiary/aromatic N) is 4. The van der Waals surface area contributed by atoms with Crippen molar-refractivity contribution in [2.75, 3.05) is 13.1 Å². The largest absolute Gasteiger partial charge is 0.333 e. The molecule has 5 rings (SSSR count). The summed E-state index contributed by atoms with van der Waals surface area (Å²) >= 11 is 6.12. The maximum absolute atomic E-state index is 13.4. The van der Waals surface area contributed by atoms with E-state index in [0.29, 0.717) is 35.7 Å². The van der Waals surface area contributed by atoms with Crippen molar-refractivity contribution in [2.24, 2.45) is 0 Å². The third kappa shape index (κ3) is 5.24. The molecule has 0 radical (unpaired) electrons.